The van der Waals surface area contributed by atoms with Gasteiger partial charge >= 0.3 is 0 Å². The van der Waals surface area contributed by atoms with Gasteiger partial charge in [-0.05, 0) is 25.0 Å². The highest BCUT2D eigenvalue weighted by molar-refractivity contribution is 5.93. The average molecular weight is 343 g/mol. The van der Waals surface area contributed by atoms with E-state index in [4.69, 9.17) is 4.74 Å². The second-order valence-corrected chi connectivity index (χ2v) is 6.21. The van der Waals surface area contributed by atoms with Crippen molar-refractivity contribution in [2.45, 2.75) is 18.9 Å². The molecular formula is C17H21N5O3. The monoisotopic (exact) mass is 343 g/mol. The van der Waals surface area contributed by atoms with E-state index in [0.717, 1.165) is 18.7 Å². The van der Waals surface area contributed by atoms with Gasteiger partial charge in [0.1, 0.15) is 11.7 Å². The number of aromatic nitrogens is 3. The van der Waals surface area contributed by atoms with Crippen LogP contribution in [0, 0.1) is 5.21 Å². The summed E-state index contributed by atoms with van der Waals surface area (Å²) in [5.74, 6) is 1.04. The molecule has 2 aromatic rings. The van der Waals surface area contributed by atoms with Crippen molar-refractivity contribution in [1.82, 2.24) is 15.1 Å². The summed E-state index contributed by atoms with van der Waals surface area (Å²) in [7, 11) is 3.79. The zero-order chi connectivity index (χ0) is 17.8. The lowest BCUT2D eigenvalue weighted by molar-refractivity contribution is -0.605. The molecule has 1 aliphatic rings. The first-order valence-corrected chi connectivity index (χ1v) is 8.19. The number of anilines is 1. The number of hydrogen-bond acceptors (Lipinski definition) is 6. The lowest BCUT2D eigenvalue weighted by Gasteiger charge is -2.32. The molecule has 0 aliphatic carbocycles. The molecule has 0 spiro atoms. The molecule has 1 fully saturated rings. The second kappa shape index (κ2) is 7.33. The Morgan fingerprint density at radius 2 is 2.20 bits per heavy atom. The van der Waals surface area contributed by atoms with Gasteiger partial charge in [0.15, 0.2) is 18.2 Å². The Morgan fingerprint density at radius 3 is 2.88 bits per heavy atom. The molecule has 25 heavy (non-hydrogen) atoms. The molecule has 1 saturated heterocycles. The molecule has 3 heterocycles. The third kappa shape index (κ3) is 4.14. The van der Waals surface area contributed by atoms with Gasteiger partial charge in [-0.3, -0.25) is 4.79 Å². The van der Waals surface area contributed by atoms with Crippen molar-refractivity contribution in [1.29, 1.82) is 0 Å². The van der Waals surface area contributed by atoms with Crippen molar-refractivity contribution in [2.24, 2.45) is 0 Å². The lowest BCUT2D eigenvalue weighted by Crippen LogP contribution is -2.45. The molecule has 0 aromatic carbocycles. The van der Waals surface area contributed by atoms with E-state index in [0.29, 0.717) is 29.3 Å². The highest BCUT2D eigenvalue weighted by atomic mass is 16.5. The van der Waals surface area contributed by atoms with Gasteiger partial charge in [-0.2, -0.15) is 4.73 Å². The number of pyridine rings is 1. The standard InChI is InChI=1S/C17H21N5O3/c1-20(2)15-7-8-16(19-18-15)25-14-6-4-9-21(12-14)17(23)13-5-3-10-22(24)11-13/h3,5,7-8,10-11,14H,4,6,9,12H2,1-2H3. The highest BCUT2D eigenvalue weighted by Gasteiger charge is 2.27. The maximum atomic E-state index is 12.6. The van der Waals surface area contributed by atoms with E-state index in [1.165, 1.54) is 12.4 Å². The van der Waals surface area contributed by atoms with Crippen LogP contribution in [0.2, 0.25) is 0 Å². The minimum absolute atomic E-state index is 0.139. The van der Waals surface area contributed by atoms with Gasteiger partial charge in [0.05, 0.1) is 6.54 Å². The Kier molecular flexibility index (Phi) is 4.97. The fraction of sp³-hybridized carbons (Fsp3) is 0.412. The predicted molar refractivity (Wildman–Crippen MR) is 91.3 cm³/mol. The molecular weight excluding hydrogens is 322 g/mol. The molecule has 1 unspecified atom stereocenters. The first-order valence-electron chi connectivity index (χ1n) is 8.19. The van der Waals surface area contributed by atoms with Gasteiger partial charge in [-0.25, -0.2) is 0 Å². The molecule has 3 rings (SSSR count). The SMILES string of the molecule is CN(C)c1ccc(OC2CCCN(C(=O)c3ccc[n+]([O-])c3)C2)nn1. The summed E-state index contributed by atoms with van der Waals surface area (Å²) in [6, 6.07) is 6.83. The third-order valence-corrected chi connectivity index (χ3v) is 4.06. The summed E-state index contributed by atoms with van der Waals surface area (Å²) >= 11 is 0. The number of hydrogen-bond donors (Lipinski definition) is 0. The van der Waals surface area contributed by atoms with Gasteiger partial charge < -0.3 is 19.7 Å². The van der Waals surface area contributed by atoms with Crippen molar-refractivity contribution < 1.29 is 14.3 Å². The Morgan fingerprint density at radius 1 is 1.36 bits per heavy atom. The van der Waals surface area contributed by atoms with Crippen LogP contribution in [-0.4, -0.2) is 54.3 Å². The van der Waals surface area contributed by atoms with Crippen molar-refractivity contribution in [2.75, 3.05) is 32.1 Å². The summed E-state index contributed by atoms with van der Waals surface area (Å²) in [4.78, 5) is 16.1. The first kappa shape index (κ1) is 16.9. The molecule has 8 nitrogen and oxygen atoms in total. The Labute approximate surface area is 146 Å². The quantitative estimate of drug-likeness (QED) is 0.605. The molecule has 1 atom stereocenters. The van der Waals surface area contributed by atoms with E-state index < -0.39 is 0 Å². The van der Waals surface area contributed by atoms with Gasteiger partial charge in [0.2, 0.25) is 5.88 Å². The van der Waals surface area contributed by atoms with Crippen LogP contribution in [0.1, 0.15) is 23.2 Å². The smallest absolute Gasteiger partial charge is 0.260 e. The summed E-state index contributed by atoms with van der Waals surface area (Å²) < 4.78 is 6.51. The van der Waals surface area contributed by atoms with Crippen LogP contribution in [0.25, 0.3) is 0 Å². The minimum atomic E-state index is -0.160. The van der Waals surface area contributed by atoms with E-state index >= 15 is 0 Å². The number of likely N-dealkylation sites (tertiary alicyclic amines) is 1. The number of carbonyl (C=O) groups excluding carboxylic acids is 1. The van der Waals surface area contributed by atoms with E-state index in [2.05, 4.69) is 10.2 Å². The van der Waals surface area contributed by atoms with Crippen molar-refractivity contribution in [3.8, 4) is 5.88 Å². The Balaban J connectivity index is 1.63. The van der Waals surface area contributed by atoms with Crippen LogP contribution in [0.4, 0.5) is 5.82 Å². The maximum Gasteiger partial charge on any atom is 0.260 e. The second-order valence-electron chi connectivity index (χ2n) is 6.21. The summed E-state index contributed by atoms with van der Waals surface area (Å²) in [5.41, 5.74) is 0.383. The molecule has 1 amide bonds. The highest BCUT2D eigenvalue weighted by Crippen LogP contribution is 2.19. The van der Waals surface area contributed by atoms with Gasteiger partial charge in [-0.15, -0.1) is 10.2 Å². The number of amides is 1. The molecule has 2 aromatic heterocycles. The summed E-state index contributed by atoms with van der Waals surface area (Å²) in [6.07, 6.45) is 4.19. The molecule has 0 bridgehead atoms. The van der Waals surface area contributed by atoms with Crippen molar-refractivity contribution >= 4 is 11.7 Å². The van der Waals surface area contributed by atoms with E-state index in [9.17, 15) is 10.0 Å². The van der Waals surface area contributed by atoms with Crippen LogP contribution in [0.5, 0.6) is 5.88 Å². The fourth-order valence-electron chi connectivity index (χ4n) is 2.77. The zero-order valence-corrected chi connectivity index (χ0v) is 14.3. The average Bonchev–Trinajstić information content (AvgIpc) is 2.62. The number of rotatable bonds is 4. The Bertz CT molecular complexity index is 735. The van der Waals surface area contributed by atoms with Crippen molar-refractivity contribution in [3.05, 3.63) is 47.4 Å². The largest absolute Gasteiger partial charge is 0.619 e. The fourth-order valence-corrected chi connectivity index (χ4v) is 2.77. The minimum Gasteiger partial charge on any atom is -0.619 e. The molecule has 1 aliphatic heterocycles. The number of carbonyl (C=O) groups is 1. The molecule has 0 radical (unpaired) electrons. The number of nitrogens with zero attached hydrogens (tertiary/aromatic N) is 5. The van der Waals surface area contributed by atoms with Crippen LogP contribution in [0.3, 0.4) is 0 Å². The molecule has 0 N–H and O–H groups in total. The topological polar surface area (TPSA) is 85.5 Å². The lowest BCUT2D eigenvalue weighted by atomic mass is 10.1. The van der Waals surface area contributed by atoms with E-state index in [1.807, 2.05) is 25.1 Å². The molecule has 0 saturated carbocycles. The first-order chi connectivity index (χ1) is 12.0. The van der Waals surface area contributed by atoms with Gasteiger partial charge in [0.25, 0.3) is 5.91 Å². The molecule has 8 heteroatoms. The van der Waals surface area contributed by atoms with Gasteiger partial charge in [-0.1, -0.05) is 0 Å². The van der Waals surface area contributed by atoms with Crippen LogP contribution < -0.4 is 14.4 Å². The van der Waals surface area contributed by atoms with Crippen LogP contribution >= 0.6 is 0 Å². The molecule has 132 valence electrons. The van der Waals surface area contributed by atoms with Gasteiger partial charge in [0, 0.05) is 32.8 Å². The zero-order valence-electron chi connectivity index (χ0n) is 14.3. The van der Waals surface area contributed by atoms with Crippen LogP contribution in [0.15, 0.2) is 36.7 Å². The number of piperidine rings is 1. The number of ether oxygens (including phenoxy) is 1. The maximum absolute atomic E-state index is 12.6. The van der Waals surface area contributed by atoms with E-state index in [-0.39, 0.29) is 12.0 Å². The predicted octanol–water partition coefficient (Wildman–Crippen LogP) is 0.860. The van der Waals surface area contributed by atoms with Crippen LogP contribution in [-0.2, 0) is 0 Å². The van der Waals surface area contributed by atoms with Crippen molar-refractivity contribution in [3.63, 3.8) is 0 Å². The third-order valence-electron chi connectivity index (χ3n) is 4.06. The Hall–Kier alpha value is -2.90. The normalized spacial score (nSPS) is 17.2. The summed E-state index contributed by atoms with van der Waals surface area (Å²) in [5, 5.41) is 19.5. The van der Waals surface area contributed by atoms with E-state index in [1.54, 1.807) is 23.1 Å². The summed E-state index contributed by atoms with van der Waals surface area (Å²) in [6.45, 7) is 1.11.